The zero-order valence-corrected chi connectivity index (χ0v) is 23.0. The number of nitrogens with zero attached hydrogens (tertiary/aromatic N) is 3. The van der Waals surface area contributed by atoms with Gasteiger partial charge in [-0.15, -0.1) is 0 Å². The van der Waals surface area contributed by atoms with Crippen LogP contribution in [0.15, 0.2) is 47.5 Å². The summed E-state index contributed by atoms with van der Waals surface area (Å²) in [6.45, 7) is 7.68. The second-order valence-electron chi connectivity index (χ2n) is 10.6. The molecular weight excluding hydrogens is 524 g/mol. The molecule has 0 aliphatic carbocycles. The molecule has 1 unspecified atom stereocenters. The molecule has 2 saturated heterocycles. The zero-order chi connectivity index (χ0) is 28.3. The number of fused-ring (bicyclic) bond motifs is 1. The highest BCUT2D eigenvalue weighted by Crippen LogP contribution is 2.34. The summed E-state index contributed by atoms with van der Waals surface area (Å²) < 4.78 is 5.60. The number of rotatable bonds is 7. The smallest absolute Gasteiger partial charge is 0.263 e. The van der Waals surface area contributed by atoms with Crippen molar-refractivity contribution >= 4 is 40.3 Å². The zero-order valence-electron chi connectivity index (χ0n) is 23.0. The van der Waals surface area contributed by atoms with Crippen molar-refractivity contribution in [2.75, 3.05) is 66.7 Å². The molecule has 6 rings (SSSR count). The lowest BCUT2D eigenvalue weighted by Crippen LogP contribution is -2.50. The highest BCUT2D eigenvalue weighted by molar-refractivity contribution is 6.08. The third-order valence-corrected chi connectivity index (χ3v) is 7.83. The number of hydrogen-bond acceptors (Lipinski definition) is 9. The number of aromatic nitrogens is 2. The summed E-state index contributed by atoms with van der Waals surface area (Å²) in [4.78, 5) is 49.2. The van der Waals surface area contributed by atoms with Crippen LogP contribution in [0.5, 0.6) is 5.88 Å². The van der Waals surface area contributed by atoms with E-state index < -0.39 is 11.5 Å². The number of carbonyl (C=O) groups is 2. The molecule has 0 saturated carbocycles. The molecule has 2 fully saturated rings. The normalized spacial score (nSPS) is 18.6. The number of nitrogens with one attached hydrogen (secondary N) is 5. The van der Waals surface area contributed by atoms with E-state index >= 15 is 0 Å². The highest BCUT2D eigenvalue weighted by atomic mass is 16.5. The molecule has 5 heterocycles. The molecule has 5 N–H and O–H groups in total. The van der Waals surface area contributed by atoms with Crippen LogP contribution in [0.1, 0.15) is 28.8 Å². The largest absolute Gasteiger partial charge is 0.474 e. The number of ether oxygens (including phenoxy) is 1. The number of benzene rings is 1. The van der Waals surface area contributed by atoms with Gasteiger partial charge in [-0.3, -0.25) is 19.3 Å². The maximum Gasteiger partial charge on any atom is 0.263 e. The van der Waals surface area contributed by atoms with Crippen molar-refractivity contribution in [1.29, 1.82) is 0 Å². The van der Waals surface area contributed by atoms with Crippen molar-refractivity contribution < 1.29 is 14.3 Å². The van der Waals surface area contributed by atoms with Crippen LogP contribution in [0.2, 0.25) is 0 Å². The first kappa shape index (κ1) is 26.6. The lowest BCUT2D eigenvalue weighted by Gasteiger charge is -2.37. The molecule has 2 aromatic heterocycles. The lowest BCUT2D eigenvalue weighted by atomic mass is 10.1. The maximum atomic E-state index is 13.3. The van der Waals surface area contributed by atoms with E-state index in [4.69, 9.17) is 4.74 Å². The third kappa shape index (κ3) is 5.82. The van der Waals surface area contributed by atoms with Gasteiger partial charge in [-0.25, -0.2) is 4.98 Å². The van der Waals surface area contributed by atoms with E-state index in [-0.39, 0.29) is 17.5 Å². The van der Waals surface area contributed by atoms with Gasteiger partial charge in [0.25, 0.3) is 11.5 Å². The predicted octanol–water partition coefficient (Wildman–Crippen LogP) is 2.28. The Morgan fingerprint density at radius 2 is 1.90 bits per heavy atom. The fourth-order valence-corrected chi connectivity index (χ4v) is 5.56. The Labute approximate surface area is 237 Å². The number of anilines is 5. The number of amides is 2. The molecule has 0 radical (unpaired) electrons. The molecule has 2 amide bonds. The molecule has 214 valence electrons. The Kier molecular flexibility index (Phi) is 7.47. The second-order valence-corrected chi connectivity index (χ2v) is 10.6. The van der Waals surface area contributed by atoms with Crippen molar-refractivity contribution in [3.05, 3.63) is 64.2 Å². The summed E-state index contributed by atoms with van der Waals surface area (Å²) in [5.41, 5.74) is 3.86. The molecule has 3 aliphatic rings. The van der Waals surface area contributed by atoms with Crippen LogP contribution < -0.4 is 36.5 Å². The first-order valence-electron chi connectivity index (χ1n) is 14.0. The molecule has 3 aromatic rings. The van der Waals surface area contributed by atoms with Crippen molar-refractivity contribution in [1.82, 2.24) is 20.2 Å². The van der Waals surface area contributed by atoms with Crippen LogP contribution in [0.25, 0.3) is 0 Å². The second kappa shape index (κ2) is 11.5. The van der Waals surface area contributed by atoms with Gasteiger partial charge < -0.3 is 35.9 Å². The van der Waals surface area contributed by atoms with E-state index in [9.17, 15) is 14.4 Å². The minimum Gasteiger partial charge on any atom is -0.474 e. The van der Waals surface area contributed by atoms with Gasteiger partial charge in [-0.2, -0.15) is 0 Å². The van der Waals surface area contributed by atoms with Crippen molar-refractivity contribution in [3.63, 3.8) is 0 Å². The van der Waals surface area contributed by atoms with Gasteiger partial charge in [0.05, 0.1) is 17.6 Å². The van der Waals surface area contributed by atoms with Crippen LogP contribution in [-0.2, 0) is 4.79 Å². The summed E-state index contributed by atoms with van der Waals surface area (Å²) >= 11 is 0. The monoisotopic (exact) mass is 558 g/mol. The number of piperazine rings is 1. The minimum atomic E-state index is -0.514. The Morgan fingerprint density at radius 3 is 2.66 bits per heavy atom. The highest BCUT2D eigenvalue weighted by Gasteiger charge is 2.25. The van der Waals surface area contributed by atoms with Gasteiger partial charge in [0.1, 0.15) is 17.9 Å². The number of hydrogen-bond donors (Lipinski definition) is 5. The number of carbonyl (C=O) groups excluding carboxylic acids is 2. The number of pyridine rings is 2. The van der Waals surface area contributed by atoms with Crippen LogP contribution in [-0.4, -0.2) is 78.6 Å². The number of aromatic amines is 1. The van der Waals surface area contributed by atoms with Gasteiger partial charge in [-0.1, -0.05) is 0 Å². The molecule has 3 aliphatic heterocycles. The Bertz CT molecular complexity index is 1500. The van der Waals surface area contributed by atoms with Crippen molar-refractivity contribution in [2.24, 2.45) is 0 Å². The van der Waals surface area contributed by atoms with Gasteiger partial charge >= 0.3 is 0 Å². The van der Waals surface area contributed by atoms with Crippen molar-refractivity contribution in [2.45, 2.75) is 25.8 Å². The average molecular weight is 559 g/mol. The van der Waals surface area contributed by atoms with Gasteiger partial charge in [0.15, 0.2) is 0 Å². The topological polar surface area (TPSA) is 144 Å². The van der Waals surface area contributed by atoms with E-state index in [1.165, 1.54) is 6.20 Å². The van der Waals surface area contributed by atoms with Gasteiger partial charge in [0.2, 0.25) is 11.8 Å². The van der Waals surface area contributed by atoms with E-state index in [2.05, 4.69) is 41.0 Å². The lowest BCUT2D eigenvalue weighted by molar-refractivity contribution is -0.119. The molecular formula is C29H34N8O4. The fraction of sp³-hybridized carbons (Fsp3) is 0.379. The predicted molar refractivity (Wildman–Crippen MR) is 158 cm³/mol. The Hall–Kier alpha value is -4.58. The summed E-state index contributed by atoms with van der Waals surface area (Å²) in [5, 5.41) is 12.4. The van der Waals surface area contributed by atoms with Crippen LogP contribution in [0.4, 0.5) is 28.4 Å². The SMILES string of the molecule is Cc1c(Nc2cc[nH]c(=O)c2C(=O)Nc2ccc(N3CCN(CC4CCC(=O)N4)CC3)cc2)cnc2c1NCCO2. The molecule has 1 atom stereocenters. The standard InChI is InChI=1S/C29H34N8O4/c1-18-23(16-32-29-26(18)30-10-15-41-29)35-22-8-9-31-27(39)25(22)28(40)34-19-2-5-21(6-3-19)37-13-11-36(12-14-37)17-20-4-7-24(38)33-20/h2-3,5-6,8-9,16,20,30H,4,7,10-15,17H2,1H3,(H,33,38)(H,34,40)(H2,31,35,39). The fourth-order valence-electron chi connectivity index (χ4n) is 5.56. The van der Waals surface area contributed by atoms with E-state index in [0.29, 0.717) is 42.5 Å². The Balaban J connectivity index is 1.10. The Morgan fingerprint density at radius 1 is 1.10 bits per heavy atom. The van der Waals surface area contributed by atoms with Crippen LogP contribution in [0.3, 0.4) is 0 Å². The first-order valence-corrected chi connectivity index (χ1v) is 14.0. The molecule has 0 bridgehead atoms. The van der Waals surface area contributed by atoms with Crippen LogP contribution in [0, 0.1) is 6.92 Å². The van der Waals surface area contributed by atoms with Crippen molar-refractivity contribution in [3.8, 4) is 5.88 Å². The quantitative estimate of drug-likeness (QED) is 0.295. The molecule has 1 aromatic carbocycles. The minimum absolute atomic E-state index is 0.0209. The molecule has 41 heavy (non-hydrogen) atoms. The van der Waals surface area contributed by atoms with E-state index in [0.717, 1.165) is 56.1 Å². The van der Waals surface area contributed by atoms with Gasteiger partial charge in [0, 0.05) is 74.9 Å². The number of H-pyrrole nitrogens is 1. The molecule has 0 spiro atoms. The van der Waals surface area contributed by atoms with E-state index in [1.54, 1.807) is 12.3 Å². The van der Waals surface area contributed by atoms with E-state index in [1.807, 2.05) is 31.2 Å². The van der Waals surface area contributed by atoms with Gasteiger partial charge in [-0.05, 0) is 43.7 Å². The summed E-state index contributed by atoms with van der Waals surface area (Å²) in [6.07, 6.45) is 4.68. The first-order chi connectivity index (χ1) is 19.9. The molecule has 12 heteroatoms. The summed E-state index contributed by atoms with van der Waals surface area (Å²) in [6, 6.07) is 9.57. The summed E-state index contributed by atoms with van der Waals surface area (Å²) in [5.74, 6) is 0.173. The average Bonchev–Trinajstić information content (AvgIpc) is 3.39. The summed E-state index contributed by atoms with van der Waals surface area (Å²) in [7, 11) is 0. The maximum absolute atomic E-state index is 13.3. The van der Waals surface area contributed by atoms with Crippen LogP contribution >= 0.6 is 0 Å². The third-order valence-electron chi connectivity index (χ3n) is 7.83. The molecule has 12 nitrogen and oxygen atoms in total.